The van der Waals surface area contributed by atoms with Crippen molar-refractivity contribution in [2.24, 2.45) is 0 Å². The number of nitrogens with one attached hydrogen (secondary N) is 1. The topological polar surface area (TPSA) is 136 Å². The number of anilines is 1. The minimum absolute atomic E-state index is 0.0801. The number of thiophene rings is 2. The van der Waals surface area contributed by atoms with Crippen molar-refractivity contribution in [3.8, 4) is 11.4 Å². The lowest BCUT2D eigenvalue weighted by molar-refractivity contribution is 0.0696. The molecule has 0 aromatic carbocycles. The Hall–Kier alpha value is -3.91. The van der Waals surface area contributed by atoms with E-state index >= 15 is 0 Å². The van der Waals surface area contributed by atoms with Crippen molar-refractivity contribution in [2.45, 2.75) is 13.1 Å². The lowest BCUT2D eigenvalue weighted by Gasteiger charge is -2.11. The number of pyridine rings is 1. The molecular formula is C24H16ClN5O5S3. The summed E-state index contributed by atoms with van der Waals surface area (Å²) in [6, 6.07) is 8.99. The molecule has 0 bridgehead atoms. The molecule has 0 spiro atoms. The second kappa shape index (κ2) is 10.8. The van der Waals surface area contributed by atoms with Gasteiger partial charge in [-0.1, -0.05) is 11.6 Å². The van der Waals surface area contributed by atoms with E-state index in [9.17, 15) is 24.3 Å². The fourth-order valence-electron chi connectivity index (χ4n) is 3.59. The SMILES string of the molecule is O=C(O)c1cc(-c2cc(NCc3ccc(Cl)s3)n(C(=O)c3cncs3)n2)n(CC(=O)c2ccsc2)c(=O)c1. The standard InChI is InChI=1S/C24H16ClN5O5S3/c25-20-2-1-15(38-20)8-27-21-7-16(28-30(21)23(33)19-9-26-12-37-19)17-5-14(24(34)35)6-22(32)29(17)10-18(31)13-3-4-36-11-13/h1-7,9,11-12,27H,8,10H2,(H,34,35). The summed E-state index contributed by atoms with van der Waals surface area (Å²) in [7, 11) is 0. The number of aromatic carboxylic acids is 1. The van der Waals surface area contributed by atoms with Crippen LogP contribution in [0.15, 0.2) is 63.7 Å². The molecule has 38 heavy (non-hydrogen) atoms. The van der Waals surface area contributed by atoms with Crippen LogP contribution in [0.3, 0.4) is 0 Å². The molecule has 5 heterocycles. The van der Waals surface area contributed by atoms with Crippen LogP contribution in [0.4, 0.5) is 5.82 Å². The Kier molecular flexibility index (Phi) is 7.33. The Bertz CT molecular complexity index is 1700. The fourth-order valence-corrected chi connectivity index (χ4v) is 5.82. The van der Waals surface area contributed by atoms with E-state index in [-0.39, 0.29) is 29.3 Å². The number of hydrogen-bond acceptors (Lipinski definition) is 10. The number of Topliss-reactive ketones (excluding diaryl/α,β-unsaturated/α-hetero) is 1. The van der Waals surface area contributed by atoms with Crippen molar-refractivity contribution in [2.75, 3.05) is 5.32 Å². The zero-order valence-electron chi connectivity index (χ0n) is 19.2. The molecule has 10 nitrogen and oxygen atoms in total. The molecule has 2 N–H and O–H groups in total. The van der Waals surface area contributed by atoms with Crippen LogP contribution in [0.25, 0.3) is 11.4 Å². The van der Waals surface area contributed by atoms with E-state index < -0.39 is 17.4 Å². The van der Waals surface area contributed by atoms with Crippen LogP contribution in [0.5, 0.6) is 0 Å². The van der Waals surface area contributed by atoms with Gasteiger partial charge < -0.3 is 10.4 Å². The maximum atomic E-state index is 13.2. The van der Waals surface area contributed by atoms with E-state index in [4.69, 9.17) is 11.6 Å². The van der Waals surface area contributed by atoms with Crippen LogP contribution >= 0.6 is 45.6 Å². The smallest absolute Gasteiger partial charge is 0.335 e. The van der Waals surface area contributed by atoms with Gasteiger partial charge in [0, 0.05) is 28.0 Å². The van der Waals surface area contributed by atoms with Crippen molar-refractivity contribution in [1.82, 2.24) is 19.3 Å². The van der Waals surface area contributed by atoms with E-state index in [0.717, 1.165) is 31.5 Å². The third-order valence-electron chi connectivity index (χ3n) is 5.40. The molecular weight excluding hydrogens is 570 g/mol. The van der Waals surface area contributed by atoms with Crippen LogP contribution in [0.2, 0.25) is 4.34 Å². The number of rotatable bonds is 9. The molecule has 5 rings (SSSR count). The van der Waals surface area contributed by atoms with Gasteiger partial charge in [0.25, 0.3) is 11.5 Å². The van der Waals surface area contributed by atoms with E-state index in [0.29, 0.717) is 27.1 Å². The number of halogens is 1. The van der Waals surface area contributed by atoms with Gasteiger partial charge in [-0.05, 0) is 29.6 Å². The lowest BCUT2D eigenvalue weighted by atomic mass is 10.1. The molecule has 0 amide bonds. The van der Waals surface area contributed by atoms with Crippen molar-refractivity contribution in [1.29, 1.82) is 0 Å². The molecule has 0 aliphatic rings. The summed E-state index contributed by atoms with van der Waals surface area (Å²) in [5.74, 6) is -1.81. The molecule has 0 saturated carbocycles. The largest absolute Gasteiger partial charge is 0.478 e. The first-order valence-electron chi connectivity index (χ1n) is 10.9. The first-order valence-corrected chi connectivity index (χ1v) is 13.9. The molecule has 0 fully saturated rings. The van der Waals surface area contributed by atoms with E-state index in [1.54, 1.807) is 22.9 Å². The van der Waals surface area contributed by atoms with E-state index in [2.05, 4.69) is 15.4 Å². The molecule has 0 radical (unpaired) electrons. The number of carbonyl (C=O) groups is 3. The predicted molar refractivity (Wildman–Crippen MR) is 146 cm³/mol. The van der Waals surface area contributed by atoms with Crippen molar-refractivity contribution in [3.63, 3.8) is 0 Å². The number of hydrogen-bond donors (Lipinski definition) is 2. The summed E-state index contributed by atoms with van der Waals surface area (Å²) < 4.78 is 2.89. The number of carbonyl (C=O) groups excluding carboxylic acids is 2. The number of carboxylic acids is 1. The van der Waals surface area contributed by atoms with Crippen LogP contribution in [-0.4, -0.2) is 42.1 Å². The lowest BCUT2D eigenvalue weighted by Crippen LogP contribution is -2.26. The first kappa shape index (κ1) is 25.7. The van der Waals surface area contributed by atoms with Crippen LogP contribution < -0.4 is 10.9 Å². The third-order valence-corrected chi connectivity index (χ3v) is 8.08. The van der Waals surface area contributed by atoms with Crippen LogP contribution in [0, 0.1) is 0 Å². The van der Waals surface area contributed by atoms with Crippen molar-refractivity contribution < 1.29 is 19.5 Å². The number of aromatic nitrogens is 4. The monoisotopic (exact) mass is 585 g/mol. The summed E-state index contributed by atoms with van der Waals surface area (Å²) in [6.45, 7) is -0.00594. The van der Waals surface area contributed by atoms with Crippen molar-refractivity contribution >= 4 is 69.1 Å². The van der Waals surface area contributed by atoms with Crippen molar-refractivity contribution in [3.05, 3.63) is 94.4 Å². The van der Waals surface area contributed by atoms with Gasteiger partial charge in [0.2, 0.25) is 0 Å². The normalized spacial score (nSPS) is 11.0. The van der Waals surface area contributed by atoms with Gasteiger partial charge in [-0.3, -0.25) is 23.9 Å². The molecule has 0 aliphatic carbocycles. The van der Waals surface area contributed by atoms with E-state index in [1.807, 2.05) is 6.07 Å². The van der Waals surface area contributed by atoms with Crippen LogP contribution in [-0.2, 0) is 13.1 Å². The van der Waals surface area contributed by atoms with Crippen LogP contribution in [0.1, 0.15) is 35.3 Å². The van der Waals surface area contributed by atoms with Gasteiger partial charge in [0.15, 0.2) is 5.78 Å². The highest BCUT2D eigenvalue weighted by atomic mass is 35.5. The molecule has 192 valence electrons. The Balaban J connectivity index is 1.60. The van der Waals surface area contributed by atoms with Gasteiger partial charge in [0.1, 0.15) is 16.4 Å². The number of carboxylic acid groups (broad SMARTS) is 1. The zero-order chi connectivity index (χ0) is 26.8. The molecule has 0 atom stereocenters. The summed E-state index contributed by atoms with van der Waals surface area (Å²) in [5, 5.41) is 20.6. The highest BCUT2D eigenvalue weighted by Crippen LogP contribution is 2.27. The summed E-state index contributed by atoms with van der Waals surface area (Å²) in [6.07, 6.45) is 1.41. The predicted octanol–water partition coefficient (Wildman–Crippen LogP) is 4.83. The minimum atomic E-state index is -1.31. The molecule has 0 unspecified atom stereocenters. The van der Waals surface area contributed by atoms with Gasteiger partial charge in [-0.15, -0.1) is 22.7 Å². The second-order valence-corrected chi connectivity index (χ2v) is 11.3. The average Bonchev–Trinajstić information content (AvgIpc) is 3.71. The molecule has 5 aromatic heterocycles. The van der Waals surface area contributed by atoms with Gasteiger partial charge in [-0.25, -0.2) is 4.79 Å². The Morgan fingerprint density at radius 3 is 2.61 bits per heavy atom. The Morgan fingerprint density at radius 2 is 1.95 bits per heavy atom. The zero-order valence-corrected chi connectivity index (χ0v) is 22.4. The third kappa shape index (κ3) is 5.36. The highest BCUT2D eigenvalue weighted by Gasteiger charge is 2.23. The Labute approximate surface area is 231 Å². The molecule has 14 heteroatoms. The van der Waals surface area contributed by atoms with Gasteiger partial charge in [0.05, 0.1) is 40.4 Å². The molecule has 0 saturated heterocycles. The quantitative estimate of drug-likeness (QED) is 0.235. The van der Waals surface area contributed by atoms with E-state index in [1.165, 1.54) is 46.5 Å². The summed E-state index contributed by atoms with van der Waals surface area (Å²) in [4.78, 5) is 56.0. The maximum Gasteiger partial charge on any atom is 0.335 e. The van der Waals surface area contributed by atoms with Gasteiger partial charge >= 0.3 is 5.97 Å². The first-order chi connectivity index (χ1) is 18.3. The number of thiazole rings is 1. The number of ketones is 1. The fraction of sp³-hybridized carbons (Fsp3) is 0.0833. The molecule has 5 aromatic rings. The average molecular weight is 586 g/mol. The Morgan fingerprint density at radius 1 is 1.11 bits per heavy atom. The molecule has 0 aliphatic heterocycles. The highest BCUT2D eigenvalue weighted by molar-refractivity contribution is 7.16. The van der Waals surface area contributed by atoms with Gasteiger partial charge in [-0.2, -0.15) is 21.1 Å². The maximum absolute atomic E-state index is 13.2. The second-order valence-electron chi connectivity index (χ2n) is 7.85. The number of nitrogens with zero attached hydrogens (tertiary/aromatic N) is 4. The minimum Gasteiger partial charge on any atom is -0.478 e. The summed E-state index contributed by atoms with van der Waals surface area (Å²) >= 11 is 9.88. The summed E-state index contributed by atoms with van der Waals surface area (Å²) in [5.41, 5.74) is 1.20.